The van der Waals surface area contributed by atoms with Crippen molar-refractivity contribution >= 4 is 31.9 Å². The van der Waals surface area contributed by atoms with Gasteiger partial charge in [-0.05, 0) is 64.8 Å². The molecule has 12 heteroatoms. The van der Waals surface area contributed by atoms with Crippen LogP contribution in [0, 0.1) is 0 Å². The molecule has 1 atom stereocenters. The first-order chi connectivity index (χ1) is 14.0. The minimum Gasteiger partial charge on any atom is -0.496 e. The van der Waals surface area contributed by atoms with Crippen LogP contribution in [0.4, 0.5) is 13.2 Å². The largest absolute Gasteiger partial charge is 0.573 e. The van der Waals surface area contributed by atoms with Gasteiger partial charge in [0.05, 0.1) is 23.1 Å². The number of alkyl halides is 3. The third-order valence-corrected chi connectivity index (χ3v) is 5.73. The van der Waals surface area contributed by atoms with Gasteiger partial charge in [0.25, 0.3) is 0 Å². The number of halogens is 4. The number of nitrogens with one attached hydrogen (secondary N) is 1. The van der Waals surface area contributed by atoms with E-state index in [4.69, 9.17) is 9.47 Å². The molecule has 0 bridgehead atoms. The second kappa shape index (κ2) is 9.67. The molecule has 0 aliphatic heterocycles. The minimum atomic E-state index is -4.91. The third kappa shape index (κ3) is 6.34. The van der Waals surface area contributed by atoms with Gasteiger partial charge in [-0.15, -0.1) is 13.2 Å². The van der Waals surface area contributed by atoms with Crippen LogP contribution in [0.3, 0.4) is 0 Å². The molecule has 0 aliphatic rings. The van der Waals surface area contributed by atoms with Crippen molar-refractivity contribution in [1.82, 2.24) is 4.72 Å². The Bertz CT molecular complexity index is 996. The summed E-state index contributed by atoms with van der Waals surface area (Å²) in [7, 11) is -2.85. The van der Waals surface area contributed by atoms with Crippen LogP contribution in [-0.4, -0.2) is 34.5 Å². The van der Waals surface area contributed by atoms with Gasteiger partial charge in [-0.25, -0.2) is 13.2 Å². The lowest BCUT2D eigenvalue weighted by Crippen LogP contribution is -2.35. The monoisotopic (exact) mass is 511 g/mol. The Morgan fingerprint density at radius 2 is 1.80 bits per heavy atom. The second-order valence-electron chi connectivity index (χ2n) is 5.72. The van der Waals surface area contributed by atoms with E-state index in [1.54, 1.807) is 6.92 Å². The summed E-state index contributed by atoms with van der Waals surface area (Å²) < 4.78 is 78.7. The predicted octanol–water partition coefficient (Wildman–Crippen LogP) is 3.94. The Morgan fingerprint density at radius 1 is 1.17 bits per heavy atom. The summed E-state index contributed by atoms with van der Waals surface area (Å²) in [4.78, 5) is 12.0. The minimum absolute atomic E-state index is 0.0118. The van der Waals surface area contributed by atoms with E-state index in [1.165, 1.54) is 25.3 Å². The zero-order valence-electron chi connectivity index (χ0n) is 15.7. The van der Waals surface area contributed by atoms with Gasteiger partial charge >= 0.3 is 12.3 Å². The van der Waals surface area contributed by atoms with Crippen molar-refractivity contribution < 1.29 is 40.6 Å². The van der Waals surface area contributed by atoms with Crippen molar-refractivity contribution in [1.29, 1.82) is 0 Å². The van der Waals surface area contributed by atoms with E-state index in [2.05, 4.69) is 25.4 Å². The van der Waals surface area contributed by atoms with Gasteiger partial charge in [-0.2, -0.15) is 4.72 Å². The quantitative estimate of drug-likeness (QED) is 0.539. The molecule has 2 aromatic rings. The van der Waals surface area contributed by atoms with Crippen molar-refractivity contribution in [3.63, 3.8) is 0 Å². The molecule has 164 valence electrons. The molecule has 0 radical (unpaired) electrons. The van der Waals surface area contributed by atoms with Gasteiger partial charge in [-0.1, -0.05) is 6.07 Å². The maximum Gasteiger partial charge on any atom is 0.573 e. The van der Waals surface area contributed by atoms with Gasteiger partial charge in [0, 0.05) is 0 Å². The summed E-state index contributed by atoms with van der Waals surface area (Å²) in [5.41, 5.74) is 0.265. The number of rotatable bonds is 8. The fourth-order valence-corrected chi connectivity index (χ4v) is 4.12. The Hall–Kier alpha value is -2.31. The number of esters is 1. The van der Waals surface area contributed by atoms with E-state index >= 15 is 0 Å². The molecule has 0 aliphatic carbocycles. The third-order valence-electron chi connectivity index (χ3n) is 3.67. The Morgan fingerprint density at radius 3 is 2.30 bits per heavy atom. The molecule has 0 heterocycles. The van der Waals surface area contributed by atoms with E-state index in [9.17, 15) is 26.4 Å². The lowest BCUT2D eigenvalue weighted by molar-refractivity contribution is -0.274. The summed E-state index contributed by atoms with van der Waals surface area (Å²) in [6.45, 7) is 1.57. The summed E-state index contributed by atoms with van der Waals surface area (Å²) >= 11 is 3.26. The van der Waals surface area contributed by atoms with Crippen LogP contribution in [0.1, 0.15) is 18.5 Å². The van der Waals surface area contributed by atoms with Crippen molar-refractivity contribution in [3.05, 3.63) is 52.5 Å². The van der Waals surface area contributed by atoms with Gasteiger partial charge in [0.15, 0.2) is 0 Å². The van der Waals surface area contributed by atoms with Gasteiger partial charge in [-0.3, -0.25) is 0 Å². The number of carbonyl (C=O) groups excluding carboxylic acids is 1. The number of ether oxygens (including phenoxy) is 3. The Kier molecular flexibility index (Phi) is 7.72. The van der Waals surface area contributed by atoms with Crippen molar-refractivity contribution in [2.24, 2.45) is 0 Å². The normalized spacial score (nSPS) is 12.9. The van der Waals surface area contributed by atoms with E-state index in [0.29, 0.717) is 10.2 Å². The molecule has 0 spiro atoms. The maximum absolute atomic E-state index is 12.7. The smallest absolute Gasteiger partial charge is 0.496 e. The van der Waals surface area contributed by atoms with Crippen LogP contribution < -0.4 is 14.2 Å². The summed E-state index contributed by atoms with van der Waals surface area (Å²) in [6, 6.07) is 6.66. The molecule has 1 N–H and O–H groups in total. The van der Waals surface area contributed by atoms with Crippen molar-refractivity contribution in [2.45, 2.75) is 24.2 Å². The second-order valence-corrected chi connectivity index (χ2v) is 8.29. The van der Waals surface area contributed by atoms with Crippen molar-refractivity contribution in [2.75, 3.05) is 13.7 Å². The van der Waals surface area contributed by atoms with E-state index in [-0.39, 0.29) is 17.1 Å². The first-order valence-corrected chi connectivity index (χ1v) is 10.6. The highest BCUT2D eigenvalue weighted by molar-refractivity contribution is 9.10. The van der Waals surface area contributed by atoms with E-state index in [1.807, 2.05) is 0 Å². The SMILES string of the molecule is CCOC(=O)[C@H](NS(=O)(=O)c1ccc(OC(F)(F)F)cc1)c1ccc(OC)c(Br)c1. The highest BCUT2D eigenvalue weighted by Crippen LogP contribution is 2.30. The number of hydrogen-bond acceptors (Lipinski definition) is 6. The lowest BCUT2D eigenvalue weighted by atomic mass is 10.1. The highest BCUT2D eigenvalue weighted by Gasteiger charge is 2.32. The fraction of sp³-hybridized carbons (Fsp3) is 0.278. The lowest BCUT2D eigenvalue weighted by Gasteiger charge is -2.19. The van der Waals surface area contributed by atoms with Crippen LogP contribution in [0.2, 0.25) is 0 Å². The zero-order chi connectivity index (χ0) is 22.5. The zero-order valence-corrected chi connectivity index (χ0v) is 18.1. The number of hydrogen-bond donors (Lipinski definition) is 1. The van der Waals surface area contributed by atoms with E-state index < -0.39 is 34.1 Å². The number of sulfonamides is 1. The molecule has 0 saturated carbocycles. The molecule has 0 aromatic heterocycles. The first-order valence-electron chi connectivity index (χ1n) is 8.35. The molecule has 0 fully saturated rings. The highest BCUT2D eigenvalue weighted by atomic mass is 79.9. The number of methoxy groups -OCH3 is 1. The van der Waals surface area contributed by atoms with Gasteiger partial charge in [0.2, 0.25) is 10.0 Å². The summed E-state index contributed by atoms with van der Waals surface area (Å²) in [5.74, 6) is -0.970. The Balaban J connectivity index is 2.34. The molecular weight excluding hydrogens is 495 g/mol. The van der Waals surface area contributed by atoms with Crippen molar-refractivity contribution in [3.8, 4) is 11.5 Å². The van der Waals surface area contributed by atoms with Crippen LogP contribution in [0.15, 0.2) is 51.8 Å². The predicted molar refractivity (Wildman–Crippen MR) is 104 cm³/mol. The average molecular weight is 512 g/mol. The Labute approximate surface area is 179 Å². The fourth-order valence-electron chi connectivity index (χ4n) is 2.38. The number of carbonyl (C=O) groups is 1. The van der Waals surface area contributed by atoms with Crippen LogP contribution in [-0.2, 0) is 19.6 Å². The maximum atomic E-state index is 12.7. The first kappa shape index (κ1) is 24.0. The van der Waals surface area contributed by atoms with Crippen LogP contribution >= 0.6 is 15.9 Å². The van der Waals surface area contributed by atoms with E-state index in [0.717, 1.165) is 24.3 Å². The van der Waals surface area contributed by atoms with Crippen LogP contribution in [0.25, 0.3) is 0 Å². The molecule has 0 saturated heterocycles. The summed E-state index contributed by atoms with van der Waals surface area (Å²) in [6.07, 6.45) is -4.91. The summed E-state index contributed by atoms with van der Waals surface area (Å²) in [5, 5.41) is 0. The molecule has 7 nitrogen and oxygen atoms in total. The average Bonchev–Trinajstić information content (AvgIpc) is 2.65. The van der Waals surface area contributed by atoms with Gasteiger partial charge in [0.1, 0.15) is 17.5 Å². The van der Waals surface area contributed by atoms with Crippen LogP contribution in [0.5, 0.6) is 11.5 Å². The molecule has 2 aromatic carbocycles. The van der Waals surface area contributed by atoms with Gasteiger partial charge < -0.3 is 14.2 Å². The molecule has 0 unspecified atom stereocenters. The molecule has 30 heavy (non-hydrogen) atoms. The topological polar surface area (TPSA) is 90.9 Å². The molecular formula is C18H17BrF3NO6S. The standard InChI is InChI=1S/C18H17BrF3NO6S/c1-3-28-17(24)16(11-4-9-15(27-2)14(19)10-11)23-30(25,26)13-7-5-12(6-8-13)29-18(20,21)22/h4-10,16,23H,3H2,1-2H3/t16-/m1/s1. The molecule has 2 rings (SSSR count). The molecule has 0 amide bonds. The number of benzene rings is 2.